The van der Waals surface area contributed by atoms with Crippen molar-refractivity contribution in [3.8, 4) is 0 Å². The fraction of sp³-hybridized carbons (Fsp3) is 0.571. The molecule has 1 aromatic carbocycles. The molecule has 0 aliphatic heterocycles. The zero-order valence-corrected chi connectivity index (χ0v) is 10.8. The Labute approximate surface area is 107 Å². The lowest BCUT2D eigenvalue weighted by molar-refractivity contribution is 0.0436. The lowest BCUT2D eigenvalue weighted by atomic mass is 9.91. The highest BCUT2D eigenvalue weighted by molar-refractivity contribution is 6.30. The van der Waals surface area contributed by atoms with Crippen LogP contribution in [-0.4, -0.2) is 10.7 Å². The van der Waals surface area contributed by atoms with Crippen LogP contribution in [-0.2, 0) is 6.42 Å². The third-order valence-electron chi connectivity index (χ3n) is 3.78. The fourth-order valence-corrected chi connectivity index (χ4v) is 2.96. The maximum Gasteiger partial charge on any atom is 0.141 e. The molecule has 94 valence electrons. The van der Waals surface area contributed by atoms with E-state index in [1.165, 1.54) is 6.07 Å². The van der Waals surface area contributed by atoms with Gasteiger partial charge in [0.15, 0.2) is 0 Å². The van der Waals surface area contributed by atoms with Crippen molar-refractivity contribution < 1.29 is 9.50 Å². The largest absolute Gasteiger partial charge is 0.390 e. The topological polar surface area (TPSA) is 20.2 Å². The van der Waals surface area contributed by atoms with Crippen molar-refractivity contribution in [2.75, 3.05) is 0 Å². The van der Waals surface area contributed by atoms with Gasteiger partial charge in [-0.05, 0) is 42.9 Å². The van der Waals surface area contributed by atoms with Gasteiger partial charge in [-0.3, -0.25) is 0 Å². The van der Waals surface area contributed by atoms with E-state index in [-0.39, 0.29) is 5.02 Å². The first kappa shape index (κ1) is 12.8. The third-order valence-corrected chi connectivity index (χ3v) is 4.07. The van der Waals surface area contributed by atoms with Crippen LogP contribution in [0.15, 0.2) is 18.2 Å². The zero-order valence-electron chi connectivity index (χ0n) is 10.0. The molecule has 0 radical (unpaired) electrons. The van der Waals surface area contributed by atoms with Crippen LogP contribution in [0.2, 0.25) is 5.02 Å². The average molecular weight is 257 g/mol. The summed E-state index contributed by atoms with van der Waals surface area (Å²) in [7, 11) is 0. The Kier molecular flexibility index (Phi) is 3.74. The molecule has 0 spiro atoms. The van der Waals surface area contributed by atoms with Gasteiger partial charge in [0.2, 0.25) is 0 Å². The molecule has 1 aromatic rings. The van der Waals surface area contributed by atoms with E-state index in [1.54, 1.807) is 12.1 Å². The van der Waals surface area contributed by atoms with Gasteiger partial charge >= 0.3 is 0 Å². The van der Waals surface area contributed by atoms with Gasteiger partial charge in [0, 0.05) is 6.42 Å². The van der Waals surface area contributed by atoms with Gasteiger partial charge in [0.25, 0.3) is 0 Å². The minimum atomic E-state index is -0.623. The van der Waals surface area contributed by atoms with Gasteiger partial charge in [-0.2, -0.15) is 0 Å². The number of hydrogen-bond acceptors (Lipinski definition) is 1. The number of rotatable bonds is 3. The quantitative estimate of drug-likeness (QED) is 0.868. The normalized spacial score (nSPS) is 28.6. The summed E-state index contributed by atoms with van der Waals surface area (Å²) in [6, 6.07) is 4.69. The van der Waals surface area contributed by atoms with E-state index in [0.29, 0.717) is 12.3 Å². The molecule has 1 aliphatic rings. The summed E-state index contributed by atoms with van der Waals surface area (Å²) < 4.78 is 13.0. The Hall–Kier alpha value is -0.600. The van der Waals surface area contributed by atoms with E-state index in [4.69, 9.17) is 11.6 Å². The van der Waals surface area contributed by atoms with Gasteiger partial charge in [-0.1, -0.05) is 31.0 Å². The maximum atomic E-state index is 13.0. The SMILES string of the molecule is CCC1CCC(O)(Cc2ccc(F)c(Cl)c2)C1. The molecule has 3 heteroatoms. The van der Waals surface area contributed by atoms with Crippen LogP contribution in [0, 0.1) is 11.7 Å². The number of aliphatic hydroxyl groups is 1. The van der Waals surface area contributed by atoms with E-state index in [2.05, 4.69) is 6.92 Å². The highest BCUT2D eigenvalue weighted by Crippen LogP contribution is 2.38. The summed E-state index contributed by atoms with van der Waals surface area (Å²) in [6.45, 7) is 2.16. The minimum Gasteiger partial charge on any atom is -0.390 e. The molecule has 0 bridgehead atoms. The van der Waals surface area contributed by atoms with Crippen LogP contribution in [0.1, 0.15) is 38.2 Å². The first-order chi connectivity index (χ1) is 8.02. The van der Waals surface area contributed by atoms with Crippen LogP contribution in [0.3, 0.4) is 0 Å². The molecule has 2 rings (SSSR count). The molecule has 17 heavy (non-hydrogen) atoms. The minimum absolute atomic E-state index is 0.135. The number of benzene rings is 1. The molecule has 0 heterocycles. The molecular weight excluding hydrogens is 239 g/mol. The molecule has 1 N–H and O–H groups in total. The summed E-state index contributed by atoms with van der Waals surface area (Å²) in [5, 5.41) is 10.6. The van der Waals surface area contributed by atoms with Crippen molar-refractivity contribution in [1.82, 2.24) is 0 Å². The van der Waals surface area contributed by atoms with E-state index in [9.17, 15) is 9.50 Å². The Morgan fingerprint density at radius 3 is 2.88 bits per heavy atom. The maximum absolute atomic E-state index is 13.0. The van der Waals surface area contributed by atoms with Crippen molar-refractivity contribution in [3.05, 3.63) is 34.6 Å². The molecule has 2 atom stereocenters. The second-order valence-corrected chi connectivity index (χ2v) is 5.57. The first-order valence-corrected chi connectivity index (χ1v) is 6.56. The Morgan fingerprint density at radius 1 is 1.53 bits per heavy atom. The van der Waals surface area contributed by atoms with Crippen LogP contribution in [0.5, 0.6) is 0 Å². The highest BCUT2D eigenvalue weighted by Gasteiger charge is 2.36. The molecule has 2 unspecified atom stereocenters. The lowest BCUT2D eigenvalue weighted by Crippen LogP contribution is -2.27. The molecule has 0 amide bonds. The van der Waals surface area contributed by atoms with Crippen LogP contribution >= 0.6 is 11.6 Å². The van der Waals surface area contributed by atoms with Crippen LogP contribution in [0.25, 0.3) is 0 Å². The summed E-state index contributed by atoms with van der Waals surface area (Å²) in [6.07, 6.45) is 4.46. The van der Waals surface area contributed by atoms with Crippen molar-refractivity contribution >= 4 is 11.6 Å². The van der Waals surface area contributed by atoms with Gasteiger partial charge in [0.05, 0.1) is 10.6 Å². The molecular formula is C14H18ClFO. The summed E-state index contributed by atoms with van der Waals surface area (Å²) in [5.41, 5.74) is 0.289. The summed E-state index contributed by atoms with van der Waals surface area (Å²) in [5.74, 6) is 0.219. The Balaban J connectivity index is 2.08. The lowest BCUT2D eigenvalue weighted by Gasteiger charge is -2.23. The molecule has 1 saturated carbocycles. The zero-order chi connectivity index (χ0) is 12.5. The van der Waals surface area contributed by atoms with Gasteiger partial charge < -0.3 is 5.11 Å². The smallest absolute Gasteiger partial charge is 0.141 e. The van der Waals surface area contributed by atoms with Crippen LogP contribution < -0.4 is 0 Å². The number of halogens is 2. The highest BCUT2D eigenvalue weighted by atomic mass is 35.5. The molecule has 1 nitrogen and oxygen atoms in total. The van der Waals surface area contributed by atoms with Crippen molar-refractivity contribution in [2.24, 2.45) is 5.92 Å². The first-order valence-electron chi connectivity index (χ1n) is 6.19. The second kappa shape index (κ2) is 4.95. The predicted molar refractivity (Wildman–Crippen MR) is 67.7 cm³/mol. The monoisotopic (exact) mass is 256 g/mol. The van der Waals surface area contributed by atoms with Crippen molar-refractivity contribution in [3.63, 3.8) is 0 Å². The Bertz CT molecular complexity index is 407. The van der Waals surface area contributed by atoms with Crippen LogP contribution in [0.4, 0.5) is 4.39 Å². The number of hydrogen-bond donors (Lipinski definition) is 1. The van der Waals surface area contributed by atoms with E-state index in [0.717, 1.165) is 31.2 Å². The standard InChI is InChI=1S/C14H18ClFO/c1-2-10-5-6-14(17,8-10)9-11-3-4-13(16)12(15)7-11/h3-4,7,10,17H,2,5-6,8-9H2,1H3. The molecule has 0 saturated heterocycles. The van der Waals surface area contributed by atoms with E-state index >= 15 is 0 Å². The predicted octanol–water partition coefficient (Wildman–Crippen LogP) is 3.96. The third kappa shape index (κ3) is 2.99. The second-order valence-electron chi connectivity index (χ2n) is 5.17. The molecule has 0 aromatic heterocycles. The van der Waals surface area contributed by atoms with Crippen molar-refractivity contribution in [2.45, 2.75) is 44.6 Å². The van der Waals surface area contributed by atoms with Gasteiger partial charge in [-0.15, -0.1) is 0 Å². The molecule has 1 fully saturated rings. The van der Waals surface area contributed by atoms with Gasteiger partial charge in [-0.25, -0.2) is 4.39 Å². The van der Waals surface area contributed by atoms with Gasteiger partial charge in [0.1, 0.15) is 5.82 Å². The fourth-order valence-electron chi connectivity index (χ4n) is 2.75. The van der Waals surface area contributed by atoms with Crippen molar-refractivity contribution in [1.29, 1.82) is 0 Å². The summed E-state index contributed by atoms with van der Waals surface area (Å²) in [4.78, 5) is 0. The van der Waals surface area contributed by atoms with E-state index in [1.807, 2.05) is 0 Å². The average Bonchev–Trinajstić information content (AvgIpc) is 2.66. The Morgan fingerprint density at radius 2 is 2.29 bits per heavy atom. The van der Waals surface area contributed by atoms with E-state index < -0.39 is 11.4 Å². The summed E-state index contributed by atoms with van der Waals surface area (Å²) >= 11 is 5.74. The molecule has 1 aliphatic carbocycles.